The van der Waals surface area contributed by atoms with E-state index < -0.39 is 0 Å². The fraction of sp³-hybridized carbons (Fsp3) is 0.500. The van der Waals surface area contributed by atoms with E-state index in [0.29, 0.717) is 11.5 Å². The molecule has 2 aromatic carbocycles. The van der Waals surface area contributed by atoms with Crippen molar-refractivity contribution >= 4 is 0 Å². The van der Waals surface area contributed by atoms with Crippen molar-refractivity contribution in [1.29, 1.82) is 0 Å². The summed E-state index contributed by atoms with van der Waals surface area (Å²) in [5, 5.41) is 21.4. The number of hydrogen-bond acceptors (Lipinski definition) is 2. The van der Waals surface area contributed by atoms with Crippen LogP contribution in [-0.4, -0.2) is 10.2 Å². The minimum Gasteiger partial charge on any atom is -0.507 e. The maximum Gasteiger partial charge on any atom is 0.122 e. The second-order valence-electron chi connectivity index (χ2n) is 6.90. The summed E-state index contributed by atoms with van der Waals surface area (Å²) >= 11 is 0. The molecule has 2 N–H and O–H groups in total. The molecule has 0 saturated carbocycles. The van der Waals surface area contributed by atoms with E-state index in [2.05, 4.69) is 53.7 Å². The molecule has 0 aromatic heterocycles. The number of aryl methyl sites for hydroxylation is 2. The molecule has 26 heavy (non-hydrogen) atoms. The van der Waals surface area contributed by atoms with Gasteiger partial charge in [-0.3, -0.25) is 0 Å². The van der Waals surface area contributed by atoms with Gasteiger partial charge in [-0.1, -0.05) is 41.5 Å². The first-order valence-corrected chi connectivity index (χ1v) is 10.2. The first-order valence-electron chi connectivity index (χ1n) is 10.2. The van der Waals surface area contributed by atoms with E-state index in [0.717, 1.165) is 60.8 Å². The normalized spacial score (nSPS) is 11.2. The third kappa shape index (κ3) is 3.34. The average molecular weight is 355 g/mol. The van der Waals surface area contributed by atoms with Gasteiger partial charge in [0.1, 0.15) is 11.5 Å². The van der Waals surface area contributed by atoms with Gasteiger partial charge in [-0.25, -0.2) is 0 Å². The maximum atomic E-state index is 10.7. The van der Waals surface area contributed by atoms with Crippen LogP contribution >= 0.6 is 0 Å². The van der Waals surface area contributed by atoms with Gasteiger partial charge >= 0.3 is 0 Å². The lowest BCUT2D eigenvalue weighted by Gasteiger charge is -2.23. The molecular formula is C24H34O2. The standard InChI is InChI=1S/C24H34O2/c1-7-15-13-21(17(9-3)19(11-5)23(15)25)22-14-16(8-2)24(26)20(12-6)18(22)10-4/h13-14,25-26H,7-12H2,1-6H3. The van der Waals surface area contributed by atoms with Gasteiger partial charge in [-0.05, 0) is 95.2 Å². The van der Waals surface area contributed by atoms with Crippen molar-refractivity contribution in [2.24, 2.45) is 0 Å². The minimum absolute atomic E-state index is 0.471. The molecule has 2 aromatic rings. The molecule has 0 amide bonds. The maximum absolute atomic E-state index is 10.7. The first-order chi connectivity index (χ1) is 12.5. The van der Waals surface area contributed by atoms with E-state index in [1.54, 1.807) is 0 Å². The van der Waals surface area contributed by atoms with Gasteiger partial charge < -0.3 is 10.2 Å². The second-order valence-corrected chi connectivity index (χ2v) is 6.90. The molecule has 0 atom stereocenters. The molecule has 0 aliphatic heterocycles. The van der Waals surface area contributed by atoms with E-state index >= 15 is 0 Å². The quantitative estimate of drug-likeness (QED) is 0.627. The highest BCUT2D eigenvalue weighted by Gasteiger charge is 2.21. The monoisotopic (exact) mass is 354 g/mol. The molecule has 0 spiro atoms. The Balaban J connectivity index is 2.95. The molecule has 2 heteroatoms. The molecular weight excluding hydrogens is 320 g/mol. The summed E-state index contributed by atoms with van der Waals surface area (Å²) in [7, 11) is 0. The summed E-state index contributed by atoms with van der Waals surface area (Å²) in [6.07, 6.45) is 5.08. The number of hydrogen-bond donors (Lipinski definition) is 2. The Morgan fingerprint density at radius 2 is 0.808 bits per heavy atom. The third-order valence-electron chi connectivity index (χ3n) is 5.66. The van der Waals surface area contributed by atoms with E-state index in [1.807, 2.05) is 0 Å². The Morgan fingerprint density at radius 1 is 0.500 bits per heavy atom. The van der Waals surface area contributed by atoms with Gasteiger partial charge in [-0.2, -0.15) is 0 Å². The van der Waals surface area contributed by atoms with Crippen LogP contribution < -0.4 is 0 Å². The van der Waals surface area contributed by atoms with Crippen LogP contribution in [0.5, 0.6) is 11.5 Å². The topological polar surface area (TPSA) is 40.5 Å². The summed E-state index contributed by atoms with van der Waals surface area (Å²) < 4.78 is 0. The van der Waals surface area contributed by atoms with E-state index in [9.17, 15) is 10.2 Å². The van der Waals surface area contributed by atoms with Crippen LogP contribution in [0.1, 0.15) is 74.9 Å². The van der Waals surface area contributed by atoms with E-state index in [1.165, 1.54) is 22.3 Å². The van der Waals surface area contributed by atoms with Gasteiger partial charge in [0.15, 0.2) is 0 Å². The number of phenolic OH excluding ortho intramolecular Hbond substituents is 2. The average Bonchev–Trinajstić information content (AvgIpc) is 2.66. The zero-order chi connectivity index (χ0) is 19.4. The first kappa shape index (κ1) is 20.4. The van der Waals surface area contributed by atoms with Crippen LogP contribution in [0.3, 0.4) is 0 Å². The van der Waals surface area contributed by atoms with Crippen molar-refractivity contribution in [3.8, 4) is 22.6 Å². The molecule has 0 heterocycles. The lowest BCUT2D eigenvalue weighted by molar-refractivity contribution is 0.460. The third-order valence-corrected chi connectivity index (χ3v) is 5.66. The lowest BCUT2D eigenvalue weighted by Crippen LogP contribution is -2.04. The van der Waals surface area contributed by atoms with Crippen molar-refractivity contribution < 1.29 is 10.2 Å². The number of phenols is 2. The Kier molecular flexibility index (Phi) is 6.75. The summed E-state index contributed by atoms with van der Waals surface area (Å²) in [5.74, 6) is 0.942. The van der Waals surface area contributed by atoms with E-state index in [-0.39, 0.29) is 0 Å². The predicted molar refractivity (Wildman–Crippen MR) is 111 cm³/mol. The van der Waals surface area contributed by atoms with Crippen LogP contribution in [0.4, 0.5) is 0 Å². The molecule has 0 aliphatic rings. The molecule has 0 saturated heterocycles. The smallest absolute Gasteiger partial charge is 0.122 e. The number of benzene rings is 2. The lowest BCUT2D eigenvalue weighted by atomic mass is 9.83. The van der Waals surface area contributed by atoms with Crippen LogP contribution in [0, 0.1) is 0 Å². The van der Waals surface area contributed by atoms with Crippen LogP contribution in [0.25, 0.3) is 11.1 Å². The molecule has 2 rings (SSSR count). The predicted octanol–water partition coefficient (Wildman–Crippen LogP) is 6.14. The van der Waals surface area contributed by atoms with Crippen LogP contribution in [-0.2, 0) is 38.5 Å². The fourth-order valence-electron chi connectivity index (χ4n) is 4.25. The largest absolute Gasteiger partial charge is 0.507 e. The van der Waals surface area contributed by atoms with Gasteiger partial charge in [0.2, 0.25) is 0 Å². The Hall–Kier alpha value is -1.96. The van der Waals surface area contributed by atoms with Crippen LogP contribution in [0.2, 0.25) is 0 Å². The van der Waals surface area contributed by atoms with Crippen molar-refractivity contribution in [1.82, 2.24) is 0 Å². The summed E-state index contributed by atoms with van der Waals surface area (Å²) in [6.45, 7) is 12.7. The highest BCUT2D eigenvalue weighted by Crippen LogP contribution is 2.41. The summed E-state index contributed by atoms with van der Waals surface area (Å²) in [4.78, 5) is 0. The minimum atomic E-state index is 0.471. The second kappa shape index (κ2) is 8.62. The van der Waals surface area contributed by atoms with Gasteiger partial charge in [0, 0.05) is 0 Å². The Bertz CT molecular complexity index is 720. The zero-order valence-electron chi connectivity index (χ0n) is 17.3. The molecule has 0 bridgehead atoms. The zero-order valence-corrected chi connectivity index (χ0v) is 17.3. The summed E-state index contributed by atoms with van der Waals surface area (Å²) in [6, 6.07) is 4.36. The van der Waals surface area contributed by atoms with Crippen molar-refractivity contribution in [2.75, 3.05) is 0 Å². The number of rotatable bonds is 7. The molecule has 0 radical (unpaired) electrons. The van der Waals surface area contributed by atoms with Crippen LogP contribution in [0.15, 0.2) is 12.1 Å². The van der Waals surface area contributed by atoms with Gasteiger partial charge in [0.25, 0.3) is 0 Å². The van der Waals surface area contributed by atoms with Crippen molar-refractivity contribution in [3.05, 3.63) is 45.5 Å². The fourth-order valence-corrected chi connectivity index (χ4v) is 4.25. The Labute approximate surface area is 158 Å². The highest BCUT2D eigenvalue weighted by atomic mass is 16.3. The van der Waals surface area contributed by atoms with Gasteiger partial charge in [0.05, 0.1) is 0 Å². The molecule has 0 fully saturated rings. The number of aromatic hydroxyl groups is 2. The van der Waals surface area contributed by atoms with E-state index in [4.69, 9.17) is 0 Å². The molecule has 0 unspecified atom stereocenters. The molecule has 2 nitrogen and oxygen atoms in total. The Morgan fingerprint density at radius 3 is 1.04 bits per heavy atom. The molecule has 142 valence electrons. The summed E-state index contributed by atoms with van der Waals surface area (Å²) in [5.41, 5.74) is 9.14. The van der Waals surface area contributed by atoms with Crippen molar-refractivity contribution in [2.45, 2.75) is 80.1 Å². The van der Waals surface area contributed by atoms with Gasteiger partial charge in [-0.15, -0.1) is 0 Å². The molecule has 0 aliphatic carbocycles. The van der Waals surface area contributed by atoms with Crippen molar-refractivity contribution in [3.63, 3.8) is 0 Å². The SMILES string of the molecule is CCc1cc(-c2cc(CC)c(O)c(CC)c2CC)c(CC)c(CC)c1O. The highest BCUT2D eigenvalue weighted by molar-refractivity contribution is 5.78.